The first kappa shape index (κ1) is 11.3. The summed E-state index contributed by atoms with van der Waals surface area (Å²) in [7, 11) is 0. The van der Waals surface area contributed by atoms with Crippen LogP contribution in [0.15, 0.2) is 12.1 Å². The van der Waals surface area contributed by atoms with Gasteiger partial charge in [0, 0.05) is 0 Å². The highest BCUT2D eigenvalue weighted by Gasteiger charge is 2.15. The Bertz CT molecular complexity index is 350. The number of rotatable bonds is 2. The van der Waals surface area contributed by atoms with Crippen molar-refractivity contribution in [2.24, 2.45) is 5.92 Å². The Hall–Kier alpha value is -1.16. The van der Waals surface area contributed by atoms with Crippen molar-refractivity contribution in [2.45, 2.75) is 19.3 Å². The van der Waals surface area contributed by atoms with Crippen LogP contribution in [0.4, 0.5) is 14.5 Å². The standard InChI is InChI=1S/C12H16F2N2/c13-10-6-9(7-11(15)12(10)14)5-8-1-3-16-4-2-8/h6-8,16H,1-5,15H2. The zero-order valence-corrected chi connectivity index (χ0v) is 9.10. The van der Waals surface area contributed by atoms with Gasteiger partial charge in [0.15, 0.2) is 11.6 Å². The molecule has 0 spiro atoms. The van der Waals surface area contributed by atoms with E-state index in [1.165, 1.54) is 6.07 Å². The second kappa shape index (κ2) is 4.78. The third kappa shape index (κ3) is 2.50. The molecule has 3 N–H and O–H groups in total. The molecule has 1 aliphatic heterocycles. The highest BCUT2D eigenvalue weighted by atomic mass is 19.2. The average Bonchev–Trinajstić information content (AvgIpc) is 2.27. The van der Waals surface area contributed by atoms with Crippen LogP contribution in [0, 0.1) is 17.6 Å². The van der Waals surface area contributed by atoms with Crippen molar-refractivity contribution in [1.82, 2.24) is 5.32 Å². The molecular formula is C12H16F2N2. The first-order chi connectivity index (χ1) is 7.66. The van der Waals surface area contributed by atoms with Crippen LogP contribution in [0.25, 0.3) is 0 Å². The summed E-state index contributed by atoms with van der Waals surface area (Å²) in [6.07, 6.45) is 2.95. The summed E-state index contributed by atoms with van der Waals surface area (Å²) in [4.78, 5) is 0. The number of nitrogens with two attached hydrogens (primary N) is 1. The van der Waals surface area contributed by atoms with E-state index in [4.69, 9.17) is 5.73 Å². The van der Waals surface area contributed by atoms with E-state index in [1.54, 1.807) is 6.07 Å². The fraction of sp³-hybridized carbons (Fsp3) is 0.500. The molecule has 0 radical (unpaired) electrons. The molecule has 1 heterocycles. The van der Waals surface area contributed by atoms with Gasteiger partial charge in [-0.2, -0.15) is 0 Å². The van der Waals surface area contributed by atoms with Crippen LogP contribution in [0.2, 0.25) is 0 Å². The van der Waals surface area contributed by atoms with E-state index < -0.39 is 11.6 Å². The van der Waals surface area contributed by atoms with Crippen molar-refractivity contribution in [3.05, 3.63) is 29.3 Å². The van der Waals surface area contributed by atoms with Gasteiger partial charge in [0.2, 0.25) is 0 Å². The number of piperidine rings is 1. The third-order valence-electron chi connectivity index (χ3n) is 3.10. The minimum Gasteiger partial charge on any atom is -0.396 e. The molecule has 0 amide bonds. The fourth-order valence-corrected chi connectivity index (χ4v) is 2.21. The quantitative estimate of drug-likeness (QED) is 0.758. The lowest BCUT2D eigenvalue weighted by Gasteiger charge is -2.22. The van der Waals surface area contributed by atoms with Gasteiger partial charge in [-0.3, -0.25) is 0 Å². The summed E-state index contributed by atoms with van der Waals surface area (Å²) >= 11 is 0. The Morgan fingerprint density at radius 2 is 1.94 bits per heavy atom. The second-order valence-electron chi connectivity index (χ2n) is 4.38. The molecule has 4 heteroatoms. The largest absolute Gasteiger partial charge is 0.396 e. The molecule has 0 aromatic heterocycles. The highest BCUT2D eigenvalue weighted by Crippen LogP contribution is 2.22. The van der Waals surface area contributed by atoms with Gasteiger partial charge in [-0.15, -0.1) is 0 Å². The monoisotopic (exact) mass is 226 g/mol. The van der Waals surface area contributed by atoms with Gasteiger partial charge < -0.3 is 11.1 Å². The third-order valence-corrected chi connectivity index (χ3v) is 3.10. The van der Waals surface area contributed by atoms with E-state index in [2.05, 4.69) is 5.32 Å². The summed E-state index contributed by atoms with van der Waals surface area (Å²) in [5, 5.41) is 3.27. The lowest BCUT2D eigenvalue weighted by atomic mass is 9.91. The van der Waals surface area contributed by atoms with E-state index in [0.29, 0.717) is 5.92 Å². The van der Waals surface area contributed by atoms with Gasteiger partial charge >= 0.3 is 0 Å². The Labute approximate surface area is 93.8 Å². The van der Waals surface area contributed by atoms with E-state index in [-0.39, 0.29) is 5.69 Å². The van der Waals surface area contributed by atoms with Gasteiger partial charge in [0.05, 0.1) is 5.69 Å². The molecule has 0 aliphatic carbocycles. The molecule has 2 rings (SSSR count). The predicted octanol–water partition coefficient (Wildman–Crippen LogP) is 2.09. The van der Waals surface area contributed by atoms with Crippen LogP contribution in [-0.2, 0) is 6.42 Å². The molecule has 88 valence electrons. The normalized spacial score (nSPS) is 17.6. The Morgan fingerprint density at radius 1 is 1.25 bits per heavy atom. The molecule has 1 fully saturated rings. The van der Waals surface area contributed by atoms with Crippen LogP contribution in [0.3, 0.4) is 0 Å². The van der Waals surface area contributed by atoms with E-state index in [1.807, 2.05) is 0 Å². The molecular weight excluding hydrogens is 210 g/mol. The van der Waals surface area contributed by atoms with Gasteiger partial charge in [0.25, 0.3) is 0 Å². The van der Waals surface area contributed by atoms with Crippen molar-refractivity contribution in [3.8, 4) is 0 Å². The summed E-state index contributed by atoms with van der Waals surface area (Å²) in [6.45, 7) is 2.01. The number of anilines is 1. The number of halogens is 2. The van der Waals surface area contributed by atoms with Gasteiger partial charge in [0.1, 0.15) is 0 Å². The van der Waals surface area contributed by atoms with Crippen molar-refractivity contribution in [3.63, 3.8) is 0 Å². The SMILES string of the molecule is Nc1cc(CC2CCNCC2)cc(F)c1F. The smallest absolute Gasteiger partial charge is 0.181 e. The maximum absolute atomic E-state index is 13.1. The molecule has 1 aromatic rings. The molecule has 16 heavy (non-hydrogen) atoms. The maximum atomic E-state index is 13.1. The zero-order valence-electron chi connectivity index (χ0n) is 9.10. The van der Waals surface area contributed by atoms with Crippen LogP contribution < -0.4 is 11.1 Å². The molecule has 0 bridgehead atoms. The number of benzene rings is 1. The lowest BCUT2D eigenvalue weighted by Crippen LogP contribution is -2.28. The summed E-state index contributed by atoms with van der Waals surface area (Å²) in [5.41, 5.74) is 6.10. The van der Waals surface area contributed by atoms with Crippen molar-refractivity contribution in [1.29, 1.82) is 0 Å². The summed E-state index contributed by atoms with van der Waals surface area (Å²) in [6, 6.07) is 2.80. The Morgan fingerprint density at radius 3 is 2.56 bits per heavy atom. The topological polar surface area (TPSA) is 38.0 Å². The number of nitrogen functional groups attached to an aromatic ring is 1. The maximum Gasteiger partial charge on any atom is 0.181 e. The molecule has 0 unspecified atom stereocenters. The lowest BCUT2D eigenvalue weighted by molar-refractivity contribution is 0.372. The molecule has 0 atom stereocenters. The highest BCUT2D eigenvalue weighted by molar-refractivity contribution is 5.43. The first-order valence-electron chi connectivity index (χ1n) is 5.61. The molecule has 1 aromatic carbocycles. The van der Waals surface area contributed by atoms with Crippen molar-refractivity contribution in [2.75, 3.05) is 18.8 Å². The number of hydrogen-bond acceptors (Lipinski definition) is 2. The van der Waals surface area contributed by atoms with Crippen LogP contribution in [-0.4, -0.2) is 13.1 Å². The number of nitrogens with one attached hydrogen (secondary N) is 1. The molecule has 0 saturated carbocycles. The summed E-state index contributed by atoms with van der Waals surface area (Å²) < 4.78 is 26.1. The molecule has 1 aliphatic rings. The molecule has 2 nitrogen and oxygen atoms in total. The predicted molar refractivity (Wildman–Crippen MR) is 60.1 cm³/mol. The van der Waals surface area contributed by atoms with E-state index in [9.17, 15) is 8.78 Å². The number of hydrogen-bond donors (Lipinski definition) is 2. The minimum atomic E-state index is -0.936. The fourth-order valence-electron chi connectivity index (χ4n) is 2.21. The van der Waals surface area contributed by atoms with Crippen LogP contribution in [0.1, 0.15) is 18.4 Å². The van der Waals surface area contributed by atoms with E-state index >= 15 is 0 Å². The van der Waals surface area contributed by atoms with Crippen LogP contribution in [0.5, 0.6) is 0 Å². The van der Waals surface area contributed by atoms with Gasteiger partial charge in [-0.25, -0.2) is 8.78 Å². The average molecular weight is 226 g/mol. The van der Waals surface area contributed by atoms with Crippen molar-refractivity contribution >= 4 is 5.69 Å². The molecule has 1 saturated heterocycles. The Balaban J connectivity index is 2.09. The van der Waals surface area contributed by atoms with Gasteiger partial charge in [-0.1, -0.05) is 0 Å². The van der Waals surface area contributed by atoms with Gasteiger partial charge in [-0.05, 0) is 56.0 Å². The Kier molecular flexibility index (Phi) is 3.39. The minimum absolute atomic E-state index is 0.0936. The van der Waals surface area contributed by atoms with Crippen LogP contribution >= 0.6 is 0 Å². The first-order valence-corrected chi connectivity index (χ1v) is 5.61. The zero-order chi connectivity index (χ0) is 11.5. The van der Waals surface area contributed by atoms with Crippen molar-refractivity contribution < 1.29 is 8.78 Å². The summed E-state index contributed by atoms with van der Waals surface area (Å²) in [5.74, 6) is -1.23. The second-order valence-corrected chi connectivity index (χ2v) is 4.38. The van der Waals surface area contributed by atoms with E-state index in [0.717, 1.165) is 37.9 Å².